The van der Waals surface area contributed by atoms with Crippen LogP contribution in [0.25, 0.3) is 0 Å². The molecule has 1 heterocycles. The summed E-state index contributed by atoms with van der Waals surface area (Å²) in [6.45, 7) is 9.86. The molecule has 18 heavy (non-hydrogen) atoms. The van der Waals surface area contributed by atoms with Crippen molar-refractivity contribution in [3.05, 3.63) is 12.2 Å². The van der Waals surface area contributed by atoms with Crippen LogP contribution in [0, 0.1) is 5.92 Å². The lowest BCUT2D eigenvalue weighted by atomic mass is 10.1. The number of nitrogens with zero attached hydrogens (tertiary/aromatic N) is 3. The predicted octanol–water partition coefficient (Wildman–Crippen LogP) is 0.734. The molecule has 0 aromatic carbocycles. The molecule has 0 saturated heterocycles. The molecule has 3 N–H and O–H groups in total. The maximum Gasteiger partial charge on any atom is 0.138 e. The van der Waals surface area contributed by atoms with Crippen molar-refractivity contribution in [1.29, 1.82) is 0 Å². The second-order valence-electron chi connectivity index (χ2n) is 4.89. The maximum atomic E-state index is 5.58. The van der Waals surface area contributed by atoms with Crippen molar-refractivity contribution in [2.75, 3.05) is 6.61 Å². The fraction of sp³-hybridized carbons (Fsp3) is 0.833. The summed E-state index contributed by atoms with van der Waals surface area (Å²) >= 11 is 0. The first-order chi connectivity index (χ1) is 8.58. The van der Waals surface area contributed by atoms with Gasteiger partial charge in [-0.3, -0.25) is 11.3 Å². The Hall–Kier alpha value is -0.980. The highest BCUT2D eigenvalue weighted by molar-refractivity contribution is 4.91. The summed E-state index contributed by atoms with van der Waals surface area (Å²) in [5.74, 6) is 7.07. The number of hydrogen-bond donors (Lipinski definition) is 2. The average molecular weight is 255 g/mol. The van der Waals surface area contributed by atoms with Gasteiger partial charge in [0, 0.05) is 19.6 Å². The number of hydrogen-bond acceptors (Lipinski definition) is 5. The summed E-state index contributed by atoms with van der Waals surface area (Å²) < 4.78 is 7.50. The Kier molecular flexibility index (Phi) is 6.24. The molecular formula is C12H25N5O. The van der Waals surface area contributed by atoms with Crippen LogP contribution >= 0.6 is 0 Å². The van der Waals surface area contributed by atoms with Gasteiger partial charge >= 0.3 is 0 Å². The van der Waals surface area contributed by atoms with E-state index in [1.165, 1.54) is 0 Å². The van der Waals surface area contributed by atoms with Gasteiger partial charge in [0.15, 0.2) is 0 Å². The highest BCUT2D eigenvalue weighted by atomic mass is 16.5. The standard InChI is InChI=1S/C12H25N5O/c1-5-18-10(4)11(16-13)6-12-14-8-15-17(12)7-9(2)3/h8-11,16H,5-7,13H2,1-4H3. The van der Waals surface area contributed by atoms with Crippen LogP contribution in [0.5, 0.6) is 0 Å². The molecule has 0 amide bonds. The van der Waals surface area contributed by atoms with E-state index < -0.39 is 0 Å². The SMILES string of the molecule is CCOC(C)C(Cc1ncnn1CC(C)C)NN. The van der Waals surface area contributed by atoms with Crippen molar-refractivity contribution in [3.63, 3.8) is 0 Å². The van der Waals surface area contributed by atoms with Gasteiger partial charge in [-0.2, -0.15) is 5.10 Å². The lowest BCUT2D eigenvalue weighted by Gasteiger charge is -2.23. The number of hydrazine groups is 1. The minimum atomic E-state index is 0.0417. The lowest BCUT2D eigenvalue weighted by molar-refractivity contribution is 0.0468. The van der Waals surface area contributed by atoms with Crippen molar-refractivity contribution in [2.24, 2.45) is 11.8 Å². The molecule has 0 fully saturated rings. The van der Waals surface area contributed by atoms with Gasteiger partial charge < -0.3 is 4.74 Å². The highest BCUT2D eigenvalue weighted by Gasteiger charge is 2.19. The van der Waals surface area contributed by atoms with E-state index in [1.807, 2.05) is 18.5 Å². The lowest BCUT2D eigenvalue weighted by Crippen LogP contribution is -2.46. The first-order valence-electron chi connectivity index (χ1n) is 6.52. The monoisotopic (exact) mass is 255 g/mol. The van der Waals surface area contributed by atoms with Crippen LogP contribution in [0.1, 0.15) is 33.5 Å². The van der Waals surface area contributed by atoms with Crippen LogP contribution in [-0.2, 0) is 17.7 Å². The van der Waals surface area contributed by atoms with E-state index >= 15 is 0 Å². The molecule has 6 nitrogen and oxygen atoms in total. The third-order valence-electron chi connectivity index (χ3n) is 2.85. The van der Waals surface area contributed by atoms with E-state index in [1.54, 1.807) is 6.33 Å². The summed E-state index contributed by atoms with van der Waals surface area (Å²) in [5, 5.41) is 4.25. The van der Waals surface area contributed by atoms with Crippen LogP contribution in [0.4, 0.5) is 0 Å². The van der Waals surface area contributed by atoms with Crippen LogP contribution in [0.15, 0.2) is 6.33 Å². The first-order valence-corrected chi connectivity index (χ1v) is 6.52. The molecule has 0 aliphatic rings. The number of ether oxygens (including phenoxy) is 1. The Balaban J connectivity index is 2.66. The zero-order valence-corrected chi connectivity index (χ0v) is 11.8. The fourth-order valence-corrected chi connectivity index (χ4v) is 1.88. The van der Waals surface area contributed by atoms with Crippen LogP contribution < -0.4 is 11.3 Å². The quantitative estimate of drug-likeness (QED) is 0.529. The minimum Gasteiger partial charge on any atom is -0.377 e. The van der Waals surface area contributed by atoms with E-state index in [0.29, 0.717) is 18.9 Å². The molecule has 6 heteroatoms. The van der Waals surface area contributed by atoms with Crippen molar-refractivity contribution in [2.45, 2.75) is 52.8 Å². The molecule has 0 aliphatic carbocycles. The molecule has 2 atom stereocenters. The predicted molar refractivity (Wildman–Crippen MR) is 70.8 cm³/mol. The second-order valence-corrected chi connectivity index (χ2v) is 4.89. The second kappa shape index (κ2) is 7.45. The largest absolute Gasteiger partial charge is 0.377 e. The topological polar surface area (TPSA) is 78.0 Å². The number of aromatic nitrogens is 3. The van der Waals surface area contributed by atoms with Crippen LogP contribution in [0.2, 0.25) is 0 Å². The molecule has 0 saturated carbocycles. The Morgan fingerprint density at radius 1 is 1.44 bits per heavy atom. The Morgan fingerprint density at radius 3 is 2.72 bits per heavy atom. The smallest absolute Gasteiger partial charge is 0.138 e. The average Bonchev–Trinajstić information content (AvgIpc) is 2.72. The van der Waals surface area contributed by atoms with E-state index in [0.717, 1.165) is 12.4 Å². The molecule has 1 aromatic rings. The van der Waals surface area contributed by atoms with Gasteiger partial charge in [0.1, 0.15) is 12.2 Å². The third-order valence-corrected chi connectivity index (χ3v) is 2.85. The molecule has 104 valence electrons. The van der Waals surface area contributed by atoms with Crippen molar-refractivity contribution >= 4 is 0 Å². The normalized spacial score (nSPS) is 15.0. The summed E-state index contributed by atoms with van der Waals surface area (Å²) in [6, 6.07) is 0.0417. The van der Waals surface area contributed by atoms with E-state index in [9.17, 15) is 0 Å². The summed E-state index contributed by atoms with van der Waals surface area (Å²) in [7, 11) is 0. The molecule has 0 spiro atoms. The van der Waals surface area contributed by atoms with Gasteiger partial charge in [-0.05, 0) is 19.8 Å². The Labute approximate surface area is 109 Å². The number of nitrogens with one attached hydrogen (secondary N) is 1. The maximum absolute atomic E-state index is 5.58. The number of nitrogens with two attached hydrogens (primary N) is 1. The van der Waals surface area contributed by atoms with Crippen molar-refractivity contribution in [1.82, 2.24) is 20.2 Å². The van der Waals surface area contributed by atoms with E-state index in [4.69, 9.17) is 10.6 Å². The number of rotatable bonds is 8. The van der Waals surface area contributed by atoms with Gasteiger partial charge in [0.2, 0.25) is 0 Å². The summed E-state index contributed by atoms with van der Waals surface area (Å²) in [5.41, 5.74) is 2.80. The van der Waals surface area contributed by atoms with Crippen LogP contribution in [-0.4, -0.2) is 33.5 Å². The summed E-state index contributed by atoms with van der Waals surface area (Å²) in [6.07, 6.45) is 2.35. The van der Waals surface area contributed by atoms with E-state index in [2.05, 4.69) is 29.4 Å². The van der Waals surface area contributed by atoms with Crippen molar-refractivity contribution in [3.8, 4) is 0 Å². The molecule has 1 rings (SSSR count). The molecule has 2 unspecified atom stereocenters. The van der Waals surface area contributed by atoms with Crippen LogP contribution in [0.3, 0.4) is 0 Å². The zero-order chi connectivity index (χ0) is 13.5. The van der Waals surface area contributed by atoms with Gasteiger partial charge in [-0.25, -0.2) is 9.67 Å². The zero-order valence-electron chi connectivity index (χ0n) is 11.8. The van der Waals surface area contributed by atoms with Gasteiger partial charge in [0.25, 0.3) is 0 Å². The molecular weight excluding hydrogens is 230 g/mol. The summed E-state index contributed by atoms with van der Waals surface area (Å²) in [4.78, 5) is 4.30. The first kappa shape index (κ1) is 15.1. The van der Waals surface area contributed by atoms with E-state index in [-0.39, 0.29) is 12.1 Å². The minimum absolute atomic E-state index is 0.0417. The molecule has 0 bridgehead atoms. The van der Waals surface area contributed by atoms with Crippen molar-refractivity contribution < 1.29 is 4.74 Å². The molecule has 0 aliphatic heterocycles. The fourth-order valence-electron chi connectivity index (χ4n) is 1.88. The van der Waals surface area contributed by atoms with Gasteiger partial charge in [-0.15, -0.1) is 0 Å². The highest BCUT2D eigenvalue weighted by Crippen LogP contribution is 2.07. The Morgan fingerprint density at radius 2 is 2.17 bits per heavy atom. The Bertz CT molecular complexity index is 339. The van der Waals surface area contributed by atoms with Gasteiger partial charge in [-0.1, -0.05) is 13.8 Å². The molecule has 1 aromatic heterocycles. The van der Waals surface area contributed by atoms with Gasteiger partial charge in [0.05, 0.1) is 12.1 Å². The third kappa shape index (κ3) is 4.36. The molecule has 0 radical (unpaired) electrons.